The van der Waals surface area contributed by atoms with Crippen LogP contribution in [0.15, 0.2) is 76.4 Å². The fourth-order valence-electron chi connectivity index (χ4n) is 3.01. The molecule has 11 nitrogen and oxygen atoms in total. The highest BCUT2D eigenvalue weighted by molar-refractivity contribution is 5.87. The van der Waals surface area contributed by atoms with Crippen LogP contribution in [-0.2, 0) is 4.74 Å². The Bertz CT molecular complexity index is 1170. The average Bonchev–Trinajstić information content (AvgIpc) is 3.23. The number of aliphatic hydroxyl groups excluding tert-OH is 2. The second-order valence-electron chi connectivity index (χ2n) is 7.44. The first kappa shape index (κ1) is 27.2. The third-order valence-electron chi connectivity index (χ3n) is 4.88. The predicted molar refractivity (Wildman–Crippen MR) is 124 cm³/mol. The molecule has 3 atom stereocenters. The van der Waals surface area contributed by atoms with Crippen molar-refractivity contribution in [3.8, 4) is 0 Å². The smallest absolute Gasteiger partial charge is 0.335 e. The van der Waals surface area contributed by atoms with Gasteiger partial charge in [0.05, 0.1) is 23.8 Å². The molecule has 2 heterocycles. The van der Waals surface area contributed by atoms with Crippen molar-refractivity contribution in [2.45, 2.75) is 31.8 Å². The third kappa shape index (κ3) is 8.03. The molecule has 5 N–H and O–H groups in total. The SMILES string of the molecule is Cc1cn([C@H]2C[C@H](O)[C@@H](CO)O2)c(=O)[nH]c1=O.O=C(O)c1ccccc1.O=C(O)c1ccccc1. The Hall–Kier alpha value is -4.06. The number of aliphatic hydroxyl groups is 2. The molecule has 0 unspecified atom stereocenters. The predicted octanol–water partition coefficient (Wildman–Crippen LogP) is 1.26. The standard InChI is InChI=1S/C10H14N2O5.2C7H6O2/c1-5-3-12(10(16)11-9(5)15)8-2-6(14)7(4-13)17-8;2*8-7(9)6-4-2-1-3-5-6/h3,6-8,13-14H,2,4H2,1H3,(H,11,15,16);2*1-5H,(H,8,9)/t6-,7+,8+;;/m0../s1. The summed E-state index contributed by atoms with van der Waals surface area (Å²) in [5, 5.41) is 35.3. The molecule has 2 aromatic carbocycles. The molecule has 186 valence electrons. The molecule has 11 heteroatoms. The zero-order chi connectivity index (χ0) is 26.0. The minimum absolute atomic E-state index is 0.205. The topological polar surface area (TPSA) is 179 Å². The first-order chi connectivity index (χ1) is 16.6. The number of carbonyl (C=O) groups is 2. The number of nitrogens with one attached hydrogen (secondary N) is 1. The van der Waals surface area contributed by atoms with E-state index in [1.807, 2.05) is 0 Å². The Balaban J connectivity index is 0.000000203. The summed E-state index contributed by atoms with van der Waals surface area (Å²) in [7, 11) is 0. The number of hydrogen-bond acceptors (Lipinski definition) is 7. The summed E-state index contributed by atoms with van der Waals surface area (Å²) in [4.78, 5) is 45.3. The number of H-pyrrole nitrogens is 1. The summed E-state index contributed by atoms with van der Waals surface area (Å²) >= 11 is 0. The van der Waals surface area contributed by atoms with E-state index in [0.29, 0.717) is 16.7 Å². The van der Waals surface area contributed by atoms with E-state index in [1.165, 1.54) is 10.8 Å². The van der Waals surface area contributed by atoms with Crippen molar-refractivity contribution >= 4 is 11.9 Å². The van der Waals surface area contributed by atoms with E-state index >= 15 is 0 Å². The van der Waals surface area contributed by atoms with Crippen LogP contribution < -0.4 is 11.2 Å². The highest BCUT2D eigenvalue weighted by Crippen LogP contribution is 2.27. The van der Waals surface area contributed by atoms with E-state index in [2.05, 4.69) is 4.98 Å². The first-order valence-corrected chi connectivity index (χ1v) is 10.5. The van der Waals surface area contributed by atoms with Gasteiger partial charge in [-0.3, -0.25) is 14.3 Å². The van der Waals surface area contributed by atoms with E-state index < -0.39 is 41.6 Å². The molecule has 1 saturated heterocycles. The van der Waals surface area contributed by atoms with Crippen LogP contribution in [-0.4, -0.2) is 60.7 Å². The van der Waals surface area contributed by atoms with Gasteiger partial charge in [0.2, 0.25) is 0 Å². The van der Waals surface area contributed by atoms with Crippen LogP contribution in [0.3, 0.4) is 0 Å². The maximum absolute atomic E-state index is 11.6. The molecule has 1 aliphatic rings. The van der Waals surface area contributed by atoms with Gasteiger partial charge in [0.25, 0.3) is 5.56 Å². The largest absolute Gasteiger partial charge is 0.478 e. The zero-order valence-electron chi connectivity index (χ0n) is 18.8. The van der Waals surface area contributed by atoms with Gasteiger partial charge in [0.1, 0.15) is 12.3 Å². The van der Waals surface area contributed by atoms with Crippen molar-refractivity contribution in [2.75, 3.05) is 6.61 Å². The lowest BCUT2D eigenvalue weighted by Gasteiger charge is -2.14. The lowest BCUT2D eigenvalue weighted by molar-refractivity contribution is -0.0459. The number of nitrogens with zero attached hydrogens (tertiary/aromatic N) is 1. The molecule has 0 radical (unpaired) electrons. The Kier molecular flexibility index (Phi) is 10.1. The summed E-state index contributed by atoms with van der Waals surface area (Å²) < 4.78 is 6.54. The van der Waals surface area contributed by atoms with E-state index in [4.69, 9.17) is 20.1 Å². The second-order valence-corrected chi connectivity index (χ2v) is 7.44. The molecule has 1 aliphatic heterocycles. The molecule has 0 bridgehead atoms. The maximum atomic E-state index is 11.6. The number of carboxylic acids is 2. The highest BCUT2D eigenvalue weighted by Gasteiger charge is 2.34. The van der Waals surface area contributed by atoms with E-state index in [0.717, 1.165) is 0 Å². The van der Waals surface area contributed by atoms with Crippen LogP contribution in [0, 0.1) is 6.92 Å². The van der Waals surface area contributed by atoms with E-state index in [1.54, 1.807) is 67.6 Å². The number of aromatic nitrogens is 2. The quantitative estimate of drug-likeness (QED) is 0.363. The normalized spacial score (nSPS) is 18.4. The van der Waals surface area contributed by atoms with Gasteiger partial charge in [-0.25, -0.2) is 14.4 Å². The molecule has 3 aromatic rings. The summed E-state index contributed by atoms with van der Waals surface area (Å²) in [6.07, 6.45) is -0.581. The van der Waals surface area contributed by atoms with Crippen molar-refractivity contribution in [2.24, 2.45) is 0 Å². The second kappa shape index (κ2) is 13.0. The summed E-state index contributed by atoms with van der Waals surface area (Å²) in [6.45, 7) is 1.26. The van der Waals surface area contributed by atoms with E-state index in [9.17, 15) is 24.3 Å². The molecular formula is C24H26N2O9. The Labute approximate surface area is 199 Å². The third-order valence-corrected chi connectivity index (χ3v) is 4.88. The molecule has 35 heavy (non-hydrogen) atoms. The molecule has 4 rings (SSSR count). The van der Waals surface area contributed by atoms with Gasteiger partial charge in [0.15, 0.2) is 0 Å². The Morgan fingerprint density at radius 2 is 1.46 bits per heavy atom. The summed E-state index contributed by atoms with van der Waals surface area (Å²) in [5.41, 5.74) is 0.0185. The Morgan fingerprint density at radius 1 is 0.971 bits per heavy atom. The minimum Gasteiger partial charge on any atom is -0.478 e. The van der Waals surface area contributed by atoms with Crippen LogP contribution in [0.25, 0.3) is 0 Å². The molecule has 1 aromatic heterocycles. The number of benzene rings is 2. The number of aromatic carboxylic acids is 2. The molecule has 0 amide bonds. The van der Waals surface area contributed by atoms with Crippen LogP contribution in [0.2, 0.25) is 0 Å². The fraction of sp³-hybridized carbons (Fsp3) is 0.250. The van der Waals surface area contributed by atoms with Gasteiger partial charge in [-0.2, -0.15) is 0 Å². The molecular weight excluding hydrogens is 460 g/mol. The lowest BCUT2D eigenvalue weighted by Crippen LogP contribution is -2.33. The van der Waals surface area contributed by atoms with Crippen LogP contribution in [0.5, 0.6) is 0 Å². The fourth-order valence-corrected chi connectivity index (χ4v) is 3.01. The van der Waals surface area contributed by atoms with Crippen molar-refractivity contribution in [1.82, 2.24) is 9.55 Å². The number of rotatable bonds is 4. The van der Waals surface area contributed by atoms with Crippen LogP contribution in [0.4, 0.5) is 0 Å². The number of aryl methyl sites for hydroxylation is 1. The van der Waals surface area contributed by atoms with Crippen molar-refractivity contribution in [3.05, 3.63) is 104 Å². The van der Waals surface area contributed by atoms with Gasteiger partial charge < -0.3 is 25.2 Å². The van der Waals surface area contributed by atoms with Gasteiger partial charge in [-0.05, 0) is 31.2 Å². The minimum atomic E-state index is -0.879. The number of ether oxygens (including phenoxy) is 1. The van der Waals surface area contributed by atoms with Crippen molar-refractivity contribution in [1.29, 1.82) is 0 Å². The molecule has 0 aliphatic carbocycles. The van der Waals surface area contributed by atoms with Crippen molar-refractivity contribution < 1.29 is 34.8 Å². The van der Waals surface area contributed by atoms with Gasteiger partial charge in [-0.15, -0.1) is 0 Å². The highest BCUT2D eigenvalue weighted by atomic mass is 16.5. The van der Waals surface area contributed by atoms with Crippen molar-refractivity contribution in [3.63, 3.8) is 0 Å². The number of carboxylic acid groups (broad SMARTS) is 2. The van der Waals surface area contributed by atoms with Gasteiger partial charge in [-0.1, -0.05) is 36.4 Å². The molecule has 0 saturated carbocycles. The summed E-state index contributed by atoms with van der Waals surface area (Å²) in [5.74, 6) is -1.76. The summed E-state index contributed by atoms with van der Waals surface area (Å²) in [6, 6.07) is 16.6. The molecule has 0 spiro atoms. The number of aromatic amines is 1. The van der Waals surface area contributed by atoms with Crippen LogP contribution >= 0.6 is 0 Å². The lowest BCUT2D eigenvalue weighted by atomic mass is 10.2. The van der Waals surface area contributed by atoms with Crippen LogP contribution in [0.1, 0.15) is 38.9 Å². The molecule has 1 fully saturated rings. The first-order valence-electron chi connectivity index (χ1n) is 10.5. The van der Waals surface area contributed by atoms with Gasteiger partial charge >= 0.3 is 17.6 Å². The van der Waals surface area contributed by atoms with Gasteiger partial charge in [0, 0.05) is 18.2 Å². The average molecular weight is 486 g/mol. The monoisotopic (exact) mass is 486 g/mol. The Morgan fingerprint density at radius 3 is 1.83 bits per heavy atom. The number of hydrogen-bond donors (Lipinski definition) is 5. The zero-order valence-corrected chi connectivity index (χ0v) is 18.8. The maximum Gasteiger partial charge on any atom is 0.335 e. The van der Waals surface area contributed by atoms with E-state index in [-0.39, 0.29) is 13.0 Å².